The number of benzene rings is 3. The van der Waals surface area contributed by atoms with Crippen molar-refractivity contribution in [2.45, 2.75) is 13.8 Å². The molecule has 4 aromatic rings. The summed E-state index contributed by atoms with van der Waals surface area (Å²) in [6.45, 7) is 4.02. The van der Waals surface area contributed by atoms with E-state index in [1.54, 1.807) is 6.21 Å². The molecule has 0 fully saturated rings. The molecule has 0 aliphatic rings. The van der Waals surface area contributed by atoms with Crippen LogP contribution >= 0.6 is 22.9 Å². The molecule has 0 spiro atoms. The van der Waals surface area contributed by atoms with E-state index in [1.807, 2.05) is 86.6 Å². The highest BCUT2D eigenvalue weighted by atomic mass is 35.5. The summed E-state index contributed by atoms with van der Waals surface area (Å²) in [5.74, 6) is -0.184. The first-order valence-corrected chi connectivity index (χ1v) is 11.2. The number of aryl methyl sites for hydroxylation is 2. The molecule has 32 heavy (non-hydrogen) atoms. The number of hydrogen-bond donors (Lipinski definition) is 2. The molecule has 1 amide bonds. The van der Waals surface area contributed by atoms with Crippen LogP contribution in [-0.4, -0.2) is 17.1 Å². The van der Waals surface area contributed by atoms with Gasteiger partial charge in [-0.25, -0.2) is 4.98 Å². The van der Waals surface area contributed by atoms with Gasteiger partial charge in [-0.15, -0.1) is 0 Å². The van der Waals surface area contributed by atoms with Crippen LogP contribution in [0.3, 0.4) is 0 Å². The van der Waals surface area contributed by atoms with Gasteiger partial charge in [-0.1, -0.05) is 82.6 Å². The van der Waals surface area contributed by atoms with E-state index in [-0.39, 0.29) is 5.91 Å². The molecule has 0 aliphatic carbocycles. The maximum absolute atomic E-state index is 12.8. The minimum absolute atomic E-state index is 0.184. The molecule has 3 aromatic carbocycles. The molecule has 1 aromatic heterocycles. The van der Waals surface area contributed by atoms with Crippen molar-refractivity contribution in [2.75, 3.05) is 10.7 Å². The highest BCUT2D eigenvalue weighted by Crippen LogP contribution is 2.36. The standard InChI is InChI=1S/C25H21ClN4OS/c1-16-6-10-19(11-7-16)22-24(29-23(31)20-12-8-17(2)9-13-20)32-25(28-22)30-27-15-18-4-3-5-21(26)14-18/h3-15H,1-2H3,(H,28,30)(H,29,31)/b27-15+. The summed E-state index contributed by atoms with van der Waals surface area (Å²) in [4.78, 5) is 17.5. The van der Waals surface area contributed by atoms with Crippen molar-refractivity contribution in [3.8, 4) is 11.3 Å². The summed E-state index contributed by atoms with van der Waals surface area (Å²) in [7, 11) is 0. The molecule has 160 valence electrons. The van der Waals surface area contributed by atoms with Crippen LogP contribution in [0.5, 0.6) is 0 Å². The van der Waals surface area contributed by atoms with Crippen LogP contribution in [0.4, 0.5) is 10.1 Å². The number of nitrogens with zero attached hydrogens (tertiary/aromatic N) is 2. The number of hydrazone groups is 1. The summed E-state index contributed by atoms with van der Waals surface area (Å²) in [5, 5.41) is 9.13. The maximum atomic E-state index is 12.8. The molecule has 0 atom stereocenters. The largest absolute Gasteiger partial charge is 0.312 e. The van der Waals surface area contributed by atoms with E-state index >= 15 is 0 Å². The third kappa shape index (κ3) is 5.41. The van der Waals surface area contributed by atoms with E-state index in [4.69, 9.17) is 11.6 Å². The molecule has 0 aliphatic heterocycles. The van der Waals surface area contributed by atoms with Gasteiger partial charge in [0.1, 0.15) is 10.7 Å². The molecule has 1 heterocycles. The van der Waals surface area contributed by atoms with Crippen LogP contribution in [0.25, 0.3) is 11.3 Å². The second kappa shape index (κ2) is 9.77. The van der Waals surface area contributed by atoms with Gasteiger partial charge in [0.25, 0.3) is 5.91 Å². The number of aromatic nitrogens is 1. The summed E-state index contributed by atoms with van der Waals surface area (Å²) >= 11 is 7.35. The molecule has 7 heteroatoms. The number of thiazole rings is 1. The van der Waals surface area contributed by atoms with Crippen molar-refractivity contribution in [1.29, 1.82) is 0 Å². The fraction of sp³-hybridized carbons (Fsp3) is 0.0800. The van der Waals surface area contributed by atoms with Crippen LogP contribution in [0, 0.1) is 13.8 Å². The van der Waals surface area contributed by atoms with E-state index in [9.17, 15) is 4.79 Å². The summed E-state index contributed by atoms with van der Waals surface area (Å²) in [5.41, 5.74) is 8.27. The van der Waals surface area contributed by atoms with Gasteiger partial charge in [-0.2, -0.15) is 5.10 Å². The van der Waals surface area contributed by atoms with E-state index in [1.165, 1.54) is 11.3 Å². The Bertz CT molecular complexity index is 1260. The van der Waals surface area contributed by atoms with E-state index in [0.717, 1.165) is 22.3 Å². The van der Waals surface area contributed by atoms with Gasteiger partial charge in [-0.05, 0) is 43.7 Å². The van der Waals surface area contributed by atoms with Gasteiger partial charge in [0.05, 0.1) is 6.21 Å². The fourth-order valence-electron chi connectivity index (χ4n) is 2.99. The Kier molecular flexibility index (Phi) is 6.63. The molecule has 4 rings (SSSR count). The molecule has 0 bridgehead atoms. The molecular formula is C25H21ClN4OS. The van der Waals surface area contributed by atoms with Gasteiger partial charge in [-0.3, -0.25) is 10.2 Å². The second-order valence-corrected chi connectivity index (χ2v) is 8.74. The SMILES string of the molecule is Cc1ccc(C(=O)Nc2sc(N/N=C/c3cccc(Cl)c3)nc2-c2ccc(C)cc2)cc1. The zero-order valence-corrected chi connectivity index (χ0v) is 19.2. The van der Waals surface area contributed by atoms with Crippen molar-refractivity contribution >= 4 is 45.2 Å². The minimum atomic E-state index is -0.184. The third-order valence-corrected chi connectivity index (χ3v) is 5.83. The molecular weight excluding hydrogens is 440 g/mol. The van der Waals surface area contributed by atoms with Crippen LogP contribution in [0.1, 0.15) is 27.0 Å². The number of halogens is 1. The first-order valence-electron chi connectivity index (χ1n) is 9.98. The number of hydrogen-bond acceptors (Lipinski definition) is 5. The Morgan fingerprint density at radius 2 is 1.69 bits per heavy atom. The van der Waals surface area contributed by atoms with E-state index in [2.05, 4.69) is 20.8 Å². The number of amides is 1. The quantitative estimate of drug-likeness (QED) is 0.246. The van der Waals surface area contributed by atoms with Crippen molar-refractivity contribution in [3.05, 3.63) is 100 Å². The first kappa shape index (κ1) is 21.7. The maximum Gasteiger partial charge on any atom is 0.256 e. The Hall–Kier alpha value is -3.48. The van der Waals surface area contributed by atoms with Gasteiger partial charge < -0.3 is 5.32 Å². The number of anilines is 2. The predicted molar refractivity (Wildman–Crippen MR) is 134 cm³/mol. The lowest BCUT2D eigenvalue weighted by Crippen LogP contribution is -2.11. The highest BCUT2D eigenvalue weighted by molar-refractivity contribution is 7.20. The lowest BCUT2D eigenvalue weighted by atomic mass is 10.1. The van der Waals surface area contributed by atoms with Crippen LogP contribution in [-0.2, 0) is 0 Å². The van der Waals surface area contributed by atoms with Crippen LogP contribution < -0.4 is 10.7 Å². The monoisotopic (exact) mass is 460 g/mol. The Morgan fingerprint density at radius 3 is 2.38 bits per heavy atom. The van der Waals surface area contributed by atoms with Crippen molar-refractivity contribution < 1.29 is 4.79 Å². The smallest absolute Gasteiger partial charge is 0.256 e. The van der Waals surface area contributed by atoms with Crippen molar-refractivity contribution in [1.82, 2.24) is 4.98 Å². The van der Waals surface area contributed by atoms with Crippen molar-refractivity contribution in [3.63, 3.8) is 0 Å². The fourth-order valence-corrected chi connectivity index (χ4v) is 4.02. The molecule has 5 nitrogen and oxygen atoms in total. The molecule has 2 N–H and O–H groups in total. The minimum Gasteiger partial charge on any atom is -0.312 e. The second-order valence-electron chi connectivity index (χ2n) is 7.31. The first-order chi connectivity index (χ1) is 15.5. The molecule has 0 saturated heterocycles. The lowest BCUT2D eigenvalue weighted by molar-refractivity contribution is 0.102. The number of carbonyl (C=O) groups is 1. The zero-order valence-electron chi connectivity index (χ0n) is 17.6. The van der Waals surface area contributed by atoms with Gasteiger partial charge >= 0.3 is 0 Å². The zero-order chi connectivity index (χ0) is 22.5. The number of carbonyl (C=O) groups excluding carboxylic acids is 1. The Labute approximate surface area is 195 Å². The van der Waals surface area contributed by atoms with Gasteiger partial charge in [0.15, 0.2) is 0 Å². The van der Waals surface area contributed by atoms with Gasteiger partial charge in [0, 0.05) is 16.1 Å². The Morgan fingerprint density at radius 1 is 1.00 bits per heavy atom. The summed E-state index contributed by atoms with van der Waals surface area (Å²) in [6, 6.07) is 22.9. The topological polar surface area (TPSA) is 66.4 Å². The summed E-state index contributed by atoms with van der Waals surface area (Å²) < 4.78 is 0. The van der Waals surface area contributed by atoms with E-state index in [0.29, 0.717) is 26.4 Å². The average Bonchev–Trinajstić information content (AvgIpc) is 3.17. The van der Waals surface area contributed by atoms with Gasteiger partial charge in [0.2, 0.25) is 5.13 Å². The highest BCUT2D eigenvalue weighted by Gasteiger charge is 2.16. The summed E-state index contributed by atoms with van der Waals surface area (Å²) in [6.07, 6.45) is 1.67. The Balaban J connectivity index is 1.60. The lowest BCUT2D eigenvalue weighted by Gasteiger charge is -2.06. The van der Waals surface area contributed by atoms with Crippen LogP contribution in [0.15, 0.2) is 77.9 Å². The molecule has 0 saturated carbocycles. The van der Waals surface area contributed by atoms with Crippen LogP contribution in [0.2, 0.25) is 5.02 Å². The molecule has 0 unspecified atom stereocenters. The van der Waals surface area contributed by atoms with Crippen molar-refractivity contribution in [2.24, 2.45) is 5.10 Å². The molecule has 0 radical (unpaired) electrons. The number of rotatable bonds is 6. The predicted octanol–water partition coefficient (Wildman–Crippen LogP) is 6.78. The normalized spacial score (nSPS) is 11.0. The van der Waals surface area contributed by atoms with E-state index < -0.39 is 0 Å². The average molecular weight is 461 g/mol. The number of nitrogens with one attached hydrogen (secondary N) is 2. The third-order valence-electron chi connectivity index (χ3n) is 4.72.